The van der Waals surface area contributed by atoms with Crippen LogP contribution in [-0.2, 0) is 9.59 Å². The van der Waals surface area contributed by atoms with Gasteiger partial charge in [0.25, 0.3) is 5.91 Å². The van der Waals surface area contributed by atoms with Gasteiger partial charge in [0.05, 0.1) is 11.6 Å². The van der Waals surface area contributed by atoms with E-state index in [-0.39, 0.29) is 35.4 Å². The number of aromatic nitrogens is 1. The number of likely N-dealkylation sites (tertiary alicyclic amines) is 1. The van der Waals surface area contributed by atoms with E-state index in [1.807, 2.05) is 0 Å². The first kappa shape index (κ1) is 21.6. The fourth-order valence-corrected chi connectivity index (χ4v) is 3.52. The largest absolute Gasteiger partial charge is 0.338 e. The fraction of sp³-hybridized carbons (Fsp3) is 0.238. The lowest BCUT2D eigenvalue weighted by Gasteiger charge is -2.31. The van der Waals surface area contributed by atoms with Gasteiger partial charge in [-0.05, 0) is 65.2 Å². The van der Waals surface area contributed by atoms with Crippen molar-refractivity contribution in [3.63, 3.8) is 0 Å². The van der Waals surface area contributed by atoms with Crippen molar-refractivity contribution in [3.05, 3.63) is 65.2 Å². The summed E-state index contributed by atoms with van der Waals surface area (Å²) in [6.45, 7) is 4.30. The lowest BCUT2D eigenvalue weighted by Crippen LogP contribution is -2.43. The maximum absolute atomic E-state index is 14.5. The Labute approximate surface area is 181 Å². The summed E-state index contributed by atoms with van der Waals surface area (Å²) in [7, 11) is 0. The Kier molecular flexibility index (Phi) is 6.94. The van der Waals surface area contributed by atoms with Crippen LogP contribution in [0.2, 0.25) is 0 Å². The van der Waals surface area contributed by atoms with E-state index in [0.29, 0.717) is 24.0 Å². The van der Waals surface area contributed by atoms with Crippen LogP contribution in [0.3, 0.4) is 0 Å². The van der Waals surface area contributed by atoms with E-state index in [1.54, 1.807) is 17.0 Å². The number of piperidine rings is 1. The Balaban J connectivity index is 1.63. The SMILES string of the molecule is C=CC(=O)N1CCC[C@@H](C(=O)Nc2ccc(NC(=O)c3cccc(Br)n3)cc2F)C1. The molecule has 30 heavy (non-hydrogen) atoms. The number of pyridine rings is 1. The number of hydrogen-bond donors (Lipinski definition) is 2. The van der Waals surface area contributed by atoms with E-state index < -0.39 is 17.6 Å². The quantitative estimate of drug-likeness (QED) is 0.511. The maximum atomic E-state index is 14.5. The molecule has 1 aliphatic heterocycles. The third-order valence-corrected chi connectivity index (χ3v) is 5.15. The van der Waals surface area contributed by atoms with Crippen LogP contribution in [0.4, 0.5) is 15.8 Å². The lowest BCUT2D eigenvalue weighted by atomic mass is 9.97. The zero-order chi connectivity index (χ0) is 21.7. The second-order valence-corrected chi connectivity index (χ2v) is 7.62. The summed E-state index contributed by atoms with van der Waals surface area (Å²) in [5, 5.41) is 5.13. The Hall–Kier alpha value is -3.07. The van der Waals surface area contributed by atoms with Gasteiger partial charge in [0.1, 0.15) is 16.1 Å². The van der Waals surface area contributed by atoms with Gasteiger partial charge in [-0.25, -0.2) is 9.37 Å². The Morgan fingerprint density at radius 2 is 2.03 bits per heavy atom. The Bertz CT molecular complexity index is 998. The van der Waals surface area contributed by atoms with Crippen molar-refractivity contribution in [2.24, 2.45) is 5.92 Å². The molecule has 9 heteroatoms. The summed E-state index contributed by atoms with van der Waals surface area (Å²) in [4.78, 5) is 42.1. The molecule has 1 atom stereocenters. The number of hydrogen-bond acceptors (Lipinski definition) is 4. The molecule has 0 aliphatic carbocycles. The summed E-state index contributed by atoms with van der Waals surface area (Å²) in [6.07, 6.45) is 2.52. The summed E-state index contributed by atoms with van der Waals surface area (Å²) < 4.78 is 15.0. The van der Waals surface area contributed by atoms with Crippen LogP contribution in [0.15, 0.2) is 53.7 Å². The molecule has 1 aliphatic rings. The monoisotopic (exact) mass is 474 g/mol. The van der Waals surface area contributed by atoms with Gasteiger partial charge in [-0.15, -0.1) is 0 Å². The van der Waals surface area contributed by atoms with E-state index in [9.17, 15) is 18.8 Å². The summed E-state index contributed by atoms with van der Waals surface area (Å²) in [5.74, 6) is -2.17. The molecule has 1 saturated heterocycles. The van der Waals surface area contributed by atoms with Crippen molar-refractivity contribution >= 4 is 45.0 Å². The standard InChI is InChI=1S/C21H20BrFN4O3/c1-2-19(28)27-10-4-5-13(12-27)20(29)26-16-9-8-14(11-15(16)23)24-21(30)17-6-3-7-18(22)25-17/h2-3,6-9,11,13H,1,4-5,10,12H2,(H,24,30)(H,26,29)/t13-/m1/s1. The highest BCUT2D eigenvalue weighted by Crippen LogP contribution is 2.23. The normalized spacial score (nSPS) is 15.9. The van der Waals surface area contributed by atoms with E-state index in [0.717, 1.165) is 6.07 Å². The number of carbonyl (C=O) groups is 3. The molecule has 3 amide bonds. The first-order chi connectivity index (χ1) is 14.4. The van der Waals surface area contributed by atoms with Gasteiger partial charge >= 0.3 is 0 Å². The number of amides is 3. The molecule has 0 spiro atoms. The topological polar surface area (TPSA) is 91.4 Å². The second-order valence-electron chi connectivity index (χ2n) is 6.81. The molecule has 156 valence electrons. The van der Waals surface area contributed by atoms with E-state index in [1.165, 1.54) is 24.3 Å². The van der Waals surface area contributed by atoms with Gasteiger partial charge < -0.3 is 15.5 Å². The molecule has 1 fully saturated rings. The van der Waals surface area contributed by atoms with Gasteiger partial charge in [0.2, 0.25) is 11.8 Å². The van der Waals surface area contributed by atoms with Gasteiger partial charge in [-0.1, -0.05) is 12.6 Å². The number of nitrogens with zero attached hydrogens (tertiary/aromatic N) is 2. The highest BCUT2D eigenvalue weighted by Gasteiger charge is 2.28. The molecule has 2 aromatic rings. The van der Waals surface area contributed by atoms with E-state index in [4.69, 9.17) is 0 Å². The number of nitrogens with one attached hydrogen (secondary N) is 2. The fourth-order valence-electron chi connectivity index (χ4n) is 3.18. The Morgan fingerprint density at radius 3 is 2.73 bits per heavy atom. The van der Waals surface area contributed by atoms with Crippen LogP contribution < -0.4 is 10.6 Å². The van der Waals surface area contributed by atoms with Gasteiger partial charge in [-0.3, -0.25) is 14.4 Å². The minimum absolute atomic E-state index is 0.00532. The summed E-state index contributed by atoms with van der Waals surface area (Å²) in [6, 6.07) is 8.89. The van der Waals surface area contributed by atoms with Gasteiger partial charge in [0.15, 0.2) is 0 Å². The zero-order valence-corrected chi connectivity index (χ0v) is 17.6. The van der Waals surface area contributed by atoms with Gasteiger partial charge in [-0.2, -0.15) is 0 Å². The molecule has 7 nitrogen and oxygen atoms in total. The van der Waals surface area contributed by atoms with Crippen LogP contribution in [0, 0.1) is 11.7 Å². The molecule has 2 heterocycles. The maximum Gasteiger partial charge on any atom is 0.274 e. The van der Waals surface area contributed by atoms with Crippen molar-refractivity contribution in [2.75, 3.05) is 23.7 Å². The third-order valence-electron chi connectivity index (χ3n) is 4.71. The highest BCUT2D eigenvalue weighted by atomic mass is 79.9. The van der Waals surface area contributed by atoms with Crippen molar-refractivity contribution < 1.29 is 18.8 Å². The minimum atomic E-state index is -0.682. The van der Waals surface area contributed by atoms with Crippen LogP contribution in [0.5, 0.6) is 0 Å². The molecule has 1 aromatic heterocycles. The first-order valence-corrected chi connectivity index (χ1v) is 10.1. The predicted molar refractivity (Wildman–Crippen MR) is 114 cm³/mol. The van der Waals surface area contributed by atoms with E-state index in [2.05, 4.69) is 38.1 Å². The van der Waals surface area contributed by atoms with Crippen LogP contribution in [-0.4, -0.2) is 40.7 Å². The highest BCUT2D eigenvalue weighted by molar-refractivity contribution is 9.10. The molecular formula is C21H20BrFN4O3. The smallest absolute Gasteiger partial charge is 0.274 e. The van der Waals surface area contributed by atoms with Gasteiger partial charge in [0, 0.05) is 18.8 Å². The predicted octanol–water partition coefficient (Wildman–Crippen LogP) is 3.60. The molecule has 2 N–H and O–H groups in total. The molecule has 0 saturated carbocycles. The average Bonchev–Trinajstić information content (AvgIpc) is 2.75. The van der Waals surface area contributed by atoms with Crippen molar-refractivity contribution in [1.29, 1.82) is 0 Å². The van der Waals surface area contributed by atoms with Crippen LogP contribution in [0.1, 0.15) is 23.3 Å². The Morgan fingerprint density at radius 1 is 1.23 bits per heavy atom. The third kappa shape index (κ3) is 5.29. The molecular weight excluding hydrogens is 455 g/mol. The van der Waals surface area contributed by atoms with Crippen molar-refractivity contribution in [3.8, 4) is 0 Å². The molecule has 0 radical (unpaired) electrons. The number of rotatable bonds is 5. The van der Waals surface area contributed by atoms with Crippen molar-refractivity contribution in [2.45, 2.75) is 12.8 Å². The van der Waals surface area contributed by atoms with Crippen molar-refractivity contribution in [1.82, 2.24) is 9.88 Å². The van der Waals surface area contributed by atoms with Crippen LogP contribution >= 0.6 is 15.9 Å². The number of benzene rings is 1. The molecule has 3 rings (SSSR count). The second kappa shape index (κ2) is 9.62. The number of halogens is 2. The zero-order valence-electron chi connectivity index (χ0n) is 16.0. The molecule has 0 unspecified atom stereocenters. The minimum Gasteiger partial charge on any atom is -0.338 e. The molecule has 1 aromatic carbocycles. The number of carbonyl (C=O) groups excluding carboxylic acids is 3. The van der Waals surface area contributed by atoms with Crippen LogP contribution in [0.25, 0.3) is 0 Å². The summed E-state index contributed by atoms with van der Waals surface area (Å²) in [5.41, 5.74) is 0.418. The molecule has 0 bridgehead atoms. The summed E-state index contributed by atoms with van der Waals surface area (Å²) >= 11 is 3.19. The number of anilines is 2. The average molecular weight is 475 g/mol. The van der Waals surface area contributed by atoms with E-state index >= 15 is 0 Å². The lowest BCUT2D eigenvalue weighted by molar-refractivity contribution is -0.130. The first-order valence-electron chi connectivity index (χ1n) is 9.33.